The fraction of sp³-hybridized carbons (Fsp3) is 1.00. The summed E-state index contributed by atoms with van der Waals surface area (Å²) < 4.78 is 5.38. The Morgan fingerprint density at radius 3 is 1.92 bits per heavy atom. The van der Waals surface area contributed by atoms with Gasteiger partial charge in [0.05, 0.1) is 0 Å². The maximum absolute atomic E-state index is 5.38. The van der Waals surface area contributed by atoms with E-state index in [1.807, 2.05) is 0 Å². The largest absolute Gasteiger partial charge is 0.381 e. The van der Waals surface area contributed by atoms with Crippen LogP contribution in [0, 0.1) is 5.41 Å². The Hall–Kier alpha value is -0.0800. The Kier molecular flexibility index (Phi) is 2.79. The molecule has 0 saturated carbocycles. The Balaban J connectivity index is 2.73. The summed E-state index contributed by atoms with van der Waals surface area (Å²) in [4.78, 5) is 0. The van der Waals surface area contributed by atoms with Crippen molar-refractivity contribution < 1.29 is 4.74 Å². The second-order valence-corrected chi connectivity index (χ2v) is 4.69. The summed E-state index contributed by atoms with van der Waals surface area (Å²) in [6.45, 7) is 8.70. The van der Waals surface area contributed by atoms with E-state index in [0.717, 1.165) is 26.1 Å². The summed E-state index contributed by atoms with van der Waals surface area (Å²) in [6, 6.07) is 0. The van der Waals surface area contributed by atoms with E-state index < -0.39 is 0 Å². The Bertz CT molecular complexity index is 142. The molecule has 0 aliphatic carbocycles. The van der Waals surface area contributed by atoms with Gasteiger partial charge in [0.15, 0.2) is 0 Å². The highest BCUT2D eigenvalue weighted by Gasteiger charge is 2.41. The molecule has 0 amide bonds. The van der Waals surface area contributed by atoms with Gasteiger partial charge in [0.1, 0.15) is 0 Å². The lowest BCUT2D eigenvalue weighted by molar-refractivity contribution is -0.00761. The van der Waals surface area contributed by atoms with Gasteiger partial charge in [0.2, 0.25) is 0 Å². The molecule has 0 aromatic rings. The lowest BCUT2D eigenvalue weighted by Crippen LogP contribution is -2.56. The first-order valence-electron chi connectivity index (χ1n) is 4.78. The SMILES string of the molecule is CNC1(C(C)(C)C)CCOCC1. The van der Waals surface area contributed by atoms with E-state index in [-0.39, 0.29) is 5.54 Å². The molecule has 1 aliphatic heterocycles. The molecule has 0 aromatic heterocycles. The summed E-state index contributed by atoms with van der Waals surface area (Å²) in [6.07, 6.45) is 2.26. The summed E-state index contributed by atoms with van der Waals surface area (Å²) in [5.41, 5.74) is 0.608. The van der Waals surface area contributed by atoms with Gasteiger partial charge >= 0.3 is 0 Å². The molecular weight excluding hydrogens is 150 g/mol. The number of hydrogen-bond acceptors (Lipinski definition) is 2. The second-order valence-electron chi connectivity index (χ2n) is 4.69. The van der Waals surface area contributed by atoms with Crippen LogP contribution in [-0.4, -0.2) is 25.8 Å². The standard InChI is InChI=1S/C10H21NO/c1-9(2,3)10(11-4)5-7-12-8-6-10/h11H,5-8H2,1-4H3. The maximum Gasteiger partial charge on any atom is 0.0483 e. The monoisotopic (exact) mass is 171 g/mol. The van der Waals surface area contributed by atoms with Crippen LogP contribution in [0.15, 0.2) is 0 Å². The van der Waals surface area contributed by atoms with Gasteiger partial charge in [-0.3, -0.25) is 0 Å². The zero-order valence-electron chi connectivity index (χ0n) is 8.74. The third-order valence-electron chi connectivity index (χ3n) is 3.26. The van der Waals surface area contributed by atoms with Crippen LogP contribution < -0.4 is 5.32 Å². The Morgan fingerprint density at radius 2 is 1.67 bits per heavy atom. The van der Waals surface area contributed by atoms with Crippen molar-refractivity contribution in [3.63, 3.8) is 0 Å². The average Bonchev–Trinajstić information content (AvgIpc) is 2.04. The van der Waals surface area contributed by atoms with E-state index in [9.17, 15) is 0 Å². The molecule has 2 nitrogen and oxygen atoms in total. The number of hydrogen-bond donors (Lipinski definition) is 1. The minimum atomic E-state index is 0.283. The first-order valence-corrected chi connectivity index (χ1v) is 4.78. The molecule has 0 unspecified atom stereocenters. The predicted octanol–water partition coefficient (Wildman–Crippen LogP) is 1.80. The van der Waals surface area contributed by atoms with Crippen LogP contribution in [-0.2, 0) is 4.74 Å². The van der Waals surface area contributed by atoms with Gasteiger partial charge in [-0.2, -0.15) is 0 Å². The minimum absolute atomic E-state index is 0.283. The molecule has 0 spiro atoms. The summed E-state index contributed by atoms with van der Waals surface area (Å²) >= 11 is 0. The molecule has 1 N–H and O–H groups in total. The smallest absolute Gasteiger partial charge is 0.0483 e. The lowest BCUT2D eigenvalue weighted by atomic mass is 9.69. The van der Waals surface area contributed by atoms with Gasteiger partial charge in [-0.1, -0.05) is 20.8 Å². The lowest BCUT2D eigenvalue weighted by Gasteiger charge is -2.47. The molecule has 72 valence electrons. The third-order valence-corrected chi connectivity index (χ3v) is 3.26. The first-order chi connectivity index (χ1) is 5.52. The fourth-order valence-corrected chi connectivity index (χ4v) is 2.09. The average molecular weight is 171 g/mol. The maximum atomic E-state index is 5.38. The normalized spacial score (nSPS) is 24.0. The topological polar surface area (TPSA) is 21.3 Å². The van der Waals surface area contributed by atoms with Gasteiger partial charge < -0.3 is 10.1 Å². The number of ether oxygens (including phenoxy) is 1. The van der Waals surface area contributed by atoms with Crippen molar-refractivity contribution in [3.8, 4) is 0 Å². The zero-order valence-corrected chi connectivity index (χ0v) is 8.74. The van der Waals surface area contributed by atoms with E-state index in [1.165, 1.54) is 0 Å². The predicted molar refractivity (Wildman–Crippen MR) is 51.3 cm³/mol. The van der Waals surface area contributed by atoms with Crippen molar-refractivity contribution in [2.45, 2.75) is 39.2 Å². The van der Waals surface area contributed by atoms with Crippen LogP contribution in [0.5, 0.6) is 0 Å². The first kappa shape index (κ1) is 10.0. The molecule has 1 rings (SSSR count). The molecule has 1 aliphatic rings. The molecule has 1 heterocycles. The van der Waals surface area contributed by atoms with Crippen molar-refractivity contribution >= 4 is 0 Å². The van der Waals surface area contributed by atoms with Crippen LogP contribution in [0.1, 0.15) is 33.6 Å². The quantitative estimate of drug-likeness (QED) is 0.649. The molecule has 0 radical (unpaired) electrons. The van der Waals surface area contributed by atoms with E-state index >= 15 is 0 Å². The minimum Gasteiger partial charge on any atom is -0.381 e. The fourth-order valence-electron chi connectivity index (χ4n) is 2.09. The van der Waals surface area contributed by atoms with E-state index in [1.54, 1.807) is 0 Å². The van der Waals surface area contributed by atoms with Crippen LogP contribution in [0.3, 0.4) is 0 Å². The van der Waals surface area contributed by atoms with E-state index in [4.69, 9.17) is 4.74 Å². The Labute approximate surface area is 75.7 Å². The van der Waals surface area contributed by atoms with Crippen molar-refractivity contribution in [1.82, 2.24) is 5.32 Å². The van der Waals surface area contributed by atoms with Gasteiger partial charge in [-0.15, -0.1) is 0 Å². The molecule has 0 bridgehead atoms. The molecule has 2 heteroatoms. The molecular formula is C10H21NO. The van der Waals surface area contributed by atoms with Crippen molar-refractivity contribution in [2.24, 2.45) is 5.41 Å². The molecule has 0 atom stereocenters. The second kappa shape index (κ2) is 3.35. The number of rotatable bonds is 1. The van der Waals surface area contributed by atoms with Crippen molar-refractivity contribution in [2.75, 3.05) is 20.3 Å². The van der Waals surface area contributed by atoms with Crippen LogP contribution >= 0.6 is 0 Å². The summed E-state index contributed by atoms with van der Waals surface area (Å²) in [5, 5.41) is 3.48. The number of nitrogens with one attached hydrogen (secondary N) is 1. The summed E-state index contributed by atoms with van der Waals surface area (Å²) in [7, 11) is 2.07. The third kappa shape index (κ3) is 1.64. The van der Waals surface area contributed by atoms with Gasteiger partial charge in [0, 0.05) is 18.8 Å². The zero-order chi connectivity index (χ0) is 9.24. The van der Waals surface area contributed by atoms with Crippen molar-refractivity contribution in [1.29, 1.82) is 0 Å². The molecule has 12 heavy (non-hydrogen) atoms. The van der Waals surface area contributed by atoms with Crippen molar-refractivity contribution in [3.05, 3.63) is 0 Å². The molecule has 1 fully saturated rings. The van der Waals surface area contributed by atoms with Gasteiger partial charge in [-0.05, 0) is 25.3 Å². The van der Waals surface area contributed by atoms with Crippen LogP contribution in [0.25, 0.3) is 0 Å². The van der Waals surface area contributed by atoms with Gasteiger partial charge in [0.25, 0.3) is 0 Å². The highest BCUT2D eigenvalue weighted by atomic mass is 16.5. The van der Waals surface area contributed by atoms with Crippen LogP contribution in [0.4, 0.5) is 0 Å². The molecule has 1 saturated heterocycles. The summed E-state index contributed by atoms with van der Waals surface area (Å²) in [5.74, 6) is 0. The highest BCUT2D eigenvalue weighted by Crippen LogP contribution is 2.37. The Morgan fingerprint density at radius 1 is 1.17 bits per heavy atom. The molecule has 0 aromatic carbocycles. The highest BCUT2D eigenvalue weighted by molar-refractivity contribution is 4.98. The van der Waals surface area contributed by atoms with Gasteiger partial charge in [-0.25, -0.2) is 0 Å². The van der Waals surface area contributed by atoms with E-state index in [2.05, 4.69) is 33.1 Å². The van der Waals surface area contributed by atoms with E-state index in [0.29, 0.717) is 5.41 Å². The van der Waals surface area contributed by atoms with Crippen LogP contribution in [0.2, 0.25) is 0 Å².